The molecule has 0 atom stereocenters. The first-order chi connectivity index (χ1) is 12.2. The third kappa shape index (κ3) is 4.77. The summed E-state index contributed by atoms with van der Waals surface area (Å²) < 4.78 is 17.4. The van der Waals surface area contributed by atoms with Gasteiger partial charge in [0.05, 0.1) is 11.2 Å². The second kappa shape index (κ2) is 8.10. The van der Waals surface area contributed by atoms with E-state index in [4.69, 9.17) is 14.0 Å². The monoisotopic (exact) mass is 357 g/mol. The molecule has 1 aromatic carbocycles. The maximum Gasteiger partial charge on any atom is 0.491 e. The van der Waals surface area contributed by atoms with Crippen molar-refractivity contribution in [2.24, 2.45) is 0 Å². The molecular weight excluding hydrogens is 329 g/mol. The van der Waals surface area contributed by atoms with Crippen molar-refractivity contribution in [3.63, 3.8) is 0 Å². The van der Waals surface area contributed by atoms with E-state index in [0.717, 1.165) is 5.56 Å². The minimum Gasteiger partial charge on any atom is -0.445 e. The minimum absolute atomic E-state index is 0.219. The number of hydrogen-bond acceptors (Lipinski definition) is 4. The van der Waals surface area contributed by atoms with E-state index in [9.17, 15) is 4.79 Å². The van der Waals surface area contributed by atoms with Crippen LogP contribution in [-0.4, -0.2) is 42.4 Å². The lowest BCUT2D eigenvalue weighted by Gasteiger charge is -2.32. The maximum atomic E-state index is 12.4. The van der Waals surface area contributed by atoms with Gasteiger partial charge >= 0.3 is 13.2 Å². The van der Waals surface area contributed by atoms with Gasteiger partial charge in [-0.2, -0.15) is 0 Å². The molecule has 5 nitrogen and oxygen atoms in total. The molecule has 26 heavy (non-hydrogen) atoms. The summed E-state index contributed by atoms with van der Waals surface area (Å²) in [5.41, 5.74) is 0.710. The van der Waals surface area contributed by atoms with Crippen LogP contribution in [0.15, 0.2) is 55.0 Å². The molecule has 0 saturated carbocycles. The van der Waals surface area contributed by atoms with Crippen LogP contribution in [0.3, 0.4) is 0 Å². The maximum absolute atomic E-state index is 12.4. The Morgan fingerprint density at radius 3 is 2.31 bits per heavy atom. The Hall–Kier alpha value is -2.05. The highest BCUT2D eigenvalue weighted by molar-refractivity contribution is 6.54. The van der Waals surface area contributed by atoms with E-state index >= 15 is 0 Å². The van der Waals surface area contributed by atoms with Crippen molar-refractivity contribution >= 4 is 13.2 Å². The zero-order valence-electron chi connectivity index (χ0n) is 16.2. The van der Waals surface area contributed by atoms with Gasteiger partial charge in [-0.05, 0) is 38.7 Å². The zero-order valence-corrected chi connectivity index (χ0v) is 16.2. The van der Waals surface area contributed by atoms with Crippen LogP contribution < -0.4 is 0 Å². The molecule has 0 aliphatic carbocycles. The average Bonchev–Trinajstić information content (AvgIpc) is 2.81. The van der Waals surface area contributed by atoms with Crippen LogP contribution in [0.4, 0.5) is 4.79 Å². The smallest absolute Gasteiger partial charge is 0.445 e. The summed E-state index contributed by atoms with van der Waals surface area (Å²) in [4.78, 5) is 14.0. The number of benzene rings is 1. The van der Waals surface area contributed by atoms with Gasteiger partial charge in [-0.3, -0.25) is 0 Å². The van der Waals surface area contributed by atoms with Gasteiger partial charge in [-0.15, -0.1) is 13.2 Å². The fraction of sp³-hybridized carbons (Fsp3) is 0.450. The second-order valence-electron chi connectivity index (χ2n) is 7.46. The summed E-state index contributed by atoms with van der Waals surface area (Å²) >= 11 is 0. The fourth-order valence-electron chi connectivity index (χ4n) is 2.50. The molecular formula is C20H28BNO4. The molecule has 0 aromatic heterocycles. The summed E-state index contributed by atoms with van der Waals surface area (Å²) in [5.74, 6) is 0. The molecule has 0 radical (unpaired) electrons. The van der Waals surface area contributed by atoms with E-state index in [2.05, 4.69) is 13.2 Å². The van der Waals surface area contributed by atoms with Crippen LogP contribution >= 0.6 is 0 Å². The molecule has 140 valence electrons. The summed E-state index contributed by atoms with van der Waals surface area (Å²) in [5, 5.41) is 0. The van der Waals surface area contributed by atoms with Gasteiger partial charge < -0.3 is 18.9 Å². The number of rotatable bonds is 7. The van der Waals surface area contributed by atoms with Gasteiger partial charge in [-0.1, -0.05) is 36.4 Å². The summed E-state index contributed by atoms with van der Waals surface area (Å²) in [6.45, 7) is 16.5. The first kappa shape index (κ1) is 20.3. The molecule has 1 aliphatic rings. The van der Waals surface area contributed by atoms with Crippen molar-refractivity contribution in [3.05, 3.63) is 60.6 Å². The highest BCUT2D eigenvalue weighted by atomic mass is 16.7. The molecule has 0 unspecified atom stereocenters. The van der Waals surface area contributed by atoms with Gasteiger partial charge in [0.2, 0.25) is 0 Å². The van der Waals surface area contributed by atoms with Gasteiger partial charge in [-0.25, -0.2) is 4.79 Å². The van der Waals surface area contributed by atoms with Gasteiger partial charge in [0.25, 0.3) is 0 Å². The van der Waals surface area contributed by atoms with Crippen molar-refractivity contribution in [3.8, 4) is 0 Å². The summed E-state index contributed by atoms with van der Waals surface area (Å²) in [7, 11) is -0.561. The van der Waals surface area contributed by atoms with Crippen molar-refractivity contribution in [1.82, 2.24) is 4.90 Å². The van der Waals surface area contributed by atoms with Crippen LogP contribution in [0.25, 0.3) is 0 Å². The number of nitrogens with zero attached hydrogens (tertiary/aromatic N) is 1. The van der Waals surface area contributed by atoms with E-state index in [1.165, 1.54) is 4.90 Å². The molecule has 1 heterocycles. The lowest BCUT2D eigenvalue weighted by atomic mass is 9.79. The topological polar surface area (TPSA) is 48.0 Å². The lowest BCUT2D eigenvalue weighted by Crippen LogP contribution is -2.41. The van der Waals surface area contributed by atoms with E-state index in [1.54, 1.807) is 6.08 Å². The average molecular weight is 357 g/mol. The van der Waals surface area contributed by atoms with Crippen LogP contribution in [0.5, 0.6) is 0 Å². The number of amides is 1. The van der Waals surface area contributed by atoms with Crippen molar-refractivity contribution in [2.75, 3.05) is 13.1 Å². The highest BCUT2D eigenvalue weighted by Crippen LogP contribution is 2.38. The summed E-state index contributed by atoms with van der Waals surface area (Å²) in [6.07, 6.45) is 1.23. The zero-order chi connectivity index (χ0) is 19.4. The predicted molar refractivity (Wildman–Crippen MR) is 104 cm³/mol. The Kier molecular flexibility index (Phi) is 6.32. The van der Waals surface area contributed by atoms with Crippen molar-refractivity contribution < 1.29 is 18.8 Å². The minimum atomic E-state index is -0.561. The molecule has 1 saturated heterocycles. The van der Waals surface area contributed by atoms with Crippen LogP contribution in [0, 0.1) is 0 Å². The SMILES string of the molecule is C=CCN(CC(=C)B1OC(C)(C)C(C)(C)O1)C(=O)OCc1ccccc1. The third-order valence-electron chi connectivity index (χ3n) is 4.79. The van der Waals surface area contributed by atoms with Gasteiger partial charge in [0.1, 0.15) is 6.61 Å². The molecule has 1 fully saturated rings. The highest BCUT2D eigenvalue weighted by Gasteiger charge is 2.52. The van der Waals surface area contributed by atoms with Crippen LogP contribution in [-0.2, 0) is 20.7 Å². The molecule has 1 aromatic rings. The molecule has 0 spiro atoms. The number of hydrogen-bond donors (Lipinski definition) is 0. The molecule has 0 N–H and O–H groups in total. The standard InChI is InChI=1S/C20H28BNO4/c1-7-13-22(18(23)24-15-17-11-9-8-10-12-17)14-16(2)21-25-19(3,4)20(5,6)26-21/h7-12H,1-2,13-15H2,3-6H3. The van der Waals surface area contributed by atoms with Crippen molar-refractivity contribution in [1.29, 1.82) is 0 Å². The Balaban J connectivity index is 1.95. The normalized spacial score (nSPS) is 17.6. The molecule has 1 aliphatic heterocycles. The van der Waals surface area contributed by atoms with E-state index < -0.39 is 24.4 Å². The lowest BCUT2D eigenvalue weighted by molar-refractivity contribution is 0.00578. The van der Waals surface area contributed by atoms with Gasteiger partial charge in [0, 0.05) is 13.1 Å². The fourth-order valence-corrected chi connectivity index (χ4v) is 2.50. The number of carbonyl (C=O) groups is 1. The first-order valence-electron chi connectivity index (χ1n) is 8.76. The van der Waals surface area contributed by atoms with E-state index in [1.807, 2.05) is 58.0 Å². The molecule has 1 amide bonds. The van der Waals surface area contributed by atoms with Crippen LogP contribution in [0.2, 0.25) is 0 Å². The number of ether oxygens (including phenoxy) is 1. The molecule has 0 bridgehead atoms. The Labute approximate surface area is 156 Å². The Morgan fingerprint density at radius 2 is 1.77 bits per heavy atom. The van der Waals surface area contributed by atoms with Crippen LogP contribution in [0.1, 0.15) is 33.3 Å². The molecule has 6 heteroatoms. The number of carbonyl (C=O) groups excluding carboxylic acids is 1. The van der Waals surface area contributed by atoms with Crippen molar-refractivity contribution in [2.45, 2.75) is 45.5 Å². The Bertz CT molecular complexity index is 641. The second-order valence-corrected chi connectivity index (χ2v) is 7.46. The Morgan fingerprint density at radius 1 is 1.19 bits per heavy atom. The first-order valence-corrected chi connectivity index (χ1v) is 8.76. The summed E-state index contributed by atoms with van der Waals surface area (Å²) in [6, 6.07) is 9.56. The quantitative estimate of drug-likeness (QED) is 0.547. The van der Waals surface area contributed by atoms with Gasteiger partial charge in [0.15, 0.2) is 0 Å². The predicted octanol–water partition coefficient (Wildman–Crippen LogP) is 4.00. The van der Waals surface area contributed by atoms with E-state index in [-0.39, 0.29) is 13.2 Å². The largest absolute Gasteiger partial charge is 0.491 e. The third-order valence-corrected chi connectivity index (χ3v) is 4.79. The molecule has 2 rings (SSSR count). The van der Waals surface area contributed by atoms with E-state index in [0.29, 0.717) is 12.0 Å².